The summed E-state index contributed by atoms with van der Waals surface area (Å²) in [6.07, 6.45) is -11.6. The van der Waals surface area contributed by atoms with E-state index in [4.69, 9.17) is 5.11 Å². The van der Waals surface area contributed by atoms with Gasteiger partial charge in [-0.1, -0.05) is 13.8 Å². The summed E-state index contributed by atoms with van der Waals surface area (Å²) in [6, 6.07) is -2.16. The largest absolute Gasteiger partial charge is 0.427 e. The average Bonchev–Trinajstić information content (AvgIpc) is 1.99. The van der Waals surface area contributed by atoms with Crippen molar-refractivity contribution in [3.05, 3.63) is 0 Å². The summed E-state index contributed by atoms with van der Waals surface area (Å²) in [6.45, 7) is 2.31. The van der Waals surface area contributed by atoms with Crippen LogP contribution in [0.1, 0.15) is 13.8 Å². The predicted molar refractivity (Wildman–Crippen MR) is 44.7 cm³/mol. The molecule has 16 heavy (non-hydrogen) atoms. The van der Waals surface area contributed by atoms with Crippen LogP contribution >= 0.6 is 0 Å². The van der Waals surface area contributed by atoms with Crippen LogP contribution in [0.25, 0.3) is 0 Å². The third kappa shape index (κ3) is 2.42. The second-order valence-corrected chi connectivity index (χ2v) is 3.77. The summed E-state index contributed by atoms with van der Waals surface area (Å²) in [7, 11) is 0.938. The lowest BCUT2D eigenvalue weighted by atomic mass is 9.85. The van der Waals surface area contributed by atoms with Crippen LogP contribution in [0.3, 0.4) is 0 Å². The Kier molecular flexibility index (Phi) is 4.26. The maximum absolute atomic E-state index is 12.4. The zero-order valence-corrected chi connectivity index (χ0v) is 8.87. The molecule has 0 radical (unpaired) electrons. The minimum atomic E-state index is -5.79. The molecule has 8 heteroatoms. The molecule has 0 saturated heterocycles. The molecule has 0 aliphatic rings. The minimum Gasteiger partial charge on any atom is -0.372 e. The number of alkyl halides is 6. The maximum atomic E-state index is 12.4. The average molecular weight is 253 g/mol. The Labute approximate surface area is 88.6 Å². The van der Waals surface area contributed by atoms with Crippen molar-refractivity contribution < 1.29 is 31.4 Å². The van der Waals surface area contributed by atoms with Gasteiger partial charge in [0.05, 0.1) is 6.04 Å². The van der Waals surface area contributed by atoms with Crippen LogP contribution in [0.4, 0.5) is 26.3 Å². The van der Waals surface area contributed by atoms with E-state index in [0.717, 1.165) is 20.9 Å². The van der Waals surface area contributed by atoms with Gasteiger partial charge in [-0.15, -0.1) is 0 Å². The number of rotatable bonds is 3. The molecule has 0 aliphatic heterocycles. The van der Waals surface area contributed by atoms with E-state index in [1.165, 1.54) is 0 Å². The van der Waals surface area contributed by atoms with Crippen molar-refractivity contribution in [3.63, 3.8) is 0 Å². The maximum Gasteiger partial charge on any atom is 0.427 e. The summed E-state index contributed by atoms with van der Waals surface area (Å²) in [5, 5.41) is 10.9. The SMILES string of the molecule is CN[C@@H](C(C)C)C(O)(C(F)(F)F)C(F)(F)F. The molecule has 2 nitrogen and oxygen atoms in total. The highest BCUT2D eigenvalue weighted by atomic mass is 19.4. The standard InChI is InChI=1S/C8H13F6NO/c1-4(2)5(15-3)6(16,7(9,10)11)8(12,13)14/h4-5,15-16H,1-3H3/t5-/m0/s1. The van der Waals surface area contributed by atoms with Gasteiger partial charge in [-0.3, -0.25) is 0 Å². The highest BCUT2D eigenvalue weighted by Crippen LogP contribution is 2.46. The third-order valence-corrected chi connectivity index (χ3v) is 2.29. The number of likely N-dealkylation sites (N-methyl/N-ethyl adjacent to an activating group) is 1. The summed E-state index contributed by atoms with van der Waals surface area (Å²) in [5.41, 5.74) is -4.75. The van der Waals surface area contributed by atoms with Crippen molar-refractivity contribution in [1.82, 2.24) is 5.32 Å². The van der Waals surface area contributed by atoms with Gasteiger partial charge in [0.25, 0.3) is 5.60 Å². The Hall–Kier alpha value is -0.500. The zero-order valence-electron chi connectivity index (χ0n) is 8.87. The minimum absolute atomic E-state index is 0.938. The van der Waals surface area contributed by atoms with Crippen molar-refractivity contribution in [3.8, 4) is 0 Å². The van der Waals surface area contributed by atoms with Gasteiger partial charge in [-0.25, -0.2) is 0 Å². The smallest absolute Gasteiger partial charge is 0.372 e. The van der Waals surface area contributed by atoms with E-state index in [-0.39, 0.29) is 0 Å². The lowest BCUT2D eigenvalue weighted by Gasteiger charge is -2.40. The van der Waals surface area contributed by atoms with Crippen LogP contribution in [0.5, 0.6) is 0 Å². The zero-order chi connectivity index (χ0) is 13.4. The fourth-order valence-electron chi connectivity index (χ4n) is 1.54. The molecule has 0 rings (SSSR count). The first-order valence-corrected chi connectivity index (χ1v) is 4.42. The highest BCUT2D eigenvalue weighted by molar-refractivity contribution is 5.03. The van der Waals surface area contributed by atoms with E-state index in [0.29, 0.717) is 0 Å². The molecule has 0 heterocycles. The second kappa shape index (κ2) is 4.40. The first-order chi connectivity index (χ1) is 6.89. The molecule has 1 atom stereocenters. The molecule has 0 aromatic carbocycles. The fourth-order valence-corrected chi connectivity index (χ4v) is 1.54. The lowest BCUT2D eigenvalue weighted by molar-refractivity contribution is -0.379. The van der Waals surface area contributed by atoms with Crippen molar-refractivity contribution in [2.75, 3.05) is 7.05 Å². The first-order valence-electron chi connectivity index (χ1n) is 4.42. The summed E-state index contributed by atoms with van der Waals surface area (Å²) >= 11 is 0. The van der Waals surface area contributed by atoms with Gasteiger partial charge in [0, 0.05) is 0 Å². The monoisotopic (exact) mass is 253 g/mol. The molecular formula is C8H13F6NO. The molecule has 0 saturated carbocycles. The topological polar surface area (TPSA) is 32.3 Å². The molecule has 0 amide bonds. The Bertz CT molecular complexity index is 220. The van der Waals surface area contributed by atoms with Gasteiger partial charge in [0.2, 0.25) is 0 Å². The van der Waals surface area contributed by atoms with Gasteiger partial charge >= 0.3 is 12.4 Å². The quantitative estimate of drug-likeness (QED) is 0.755. The molecular weight excluding hydrogens is 240 g/mol. The number of hydrogen-bond donors (Lipinski definition) is 2. The van der Waals surface area contributed by atoms with E-state index in [1.54, 1.807) is 0 Å². The number of halogens is 6. The molecule has 0 aliphatic carbocycles. The molecule has 0 fully saturated rings. The van der Waals surface area contributed by atoms with Crippen molar-refractivity contribution in [1.29, 1.82) is 0 Å². The van der Waals surface area contributed by atoms with Crippen LogP contribution < -0.4 is 5.32 Å². The molecule has 2 N–H and O–H groups in total. The van der Waals surface area contributed by atoms with E-state index in [9.17, 15) is 26.3 Å². The van der Waals surface area contributed by atoms with E-state index in [2.05, 4.69) is 0 Å². The molecule has 0 bridgehead atoms. The summed E-state index contributed by atoms with van der Waals surface area (Å²) in [5.74, 6) is -1.04. The van der Waals surface area contributed by atoms with Gasteiger partial charge in [-0.05, 0) is 13.0 Å². The van der Waals surface area contributed by atoms with Gasteiger partial charge in [0.1, 0.15) is 0 Å². The van der Waals surface area contributed by atoms with Crippen LogP contribution in [-0.4, -0.2) is 36.1 Å². The Morgan fingerprint density at radius 3 is 1.31 bits per heavy atom. The van der Waals surface area contributed by atoms with Crippen molar-refractivity contribution >= 4 is 0 Å². The molecule has 98 valence electrons. The van der Waals surface area contributed by atoms with Crippen LogP contribution in [0.15, 0.2) is 0 Å². The lowest BCUT2D eigenvalue weighted by Crippen LogP contribution is -2.69. The number of nitrogens with one attached hydrogen (secondary N) is 1. The van der Waals surface area contributed by atoms with Crippen LogP contribution in [0, 0.1) is 5.92 Å². The van der Waals surface area contributed by atoms with Crippen molar-refractivity contribution in [2.45, 2.75) is 37.8 Å². The Morgan fingerprint density at radius 2 is 1.25 bits per heavy atom. The molecule has 0 unspecified atom stereocenters. The first kappa shape index (κ1) is 15.5. The van der Waals surface area contributed by atoms with Gasteiger partial charge in [-0.2, -0.15) is 26.3 Å². The Morgan fingerprint density at radius 1 is 0.938 bits per heavy atom. The molecule has 0 spiro atoms. The van der Waals surface area contributed by atoms with Crippen LogP contribution in [0.2, 0.25) is 0 Å². The number of hydrogen-bond acceptors (Lipinski definition) is 2. The highest BCUT2D eigenvalue weighted by Gasteiger charge is 2.74. The normalized spacial score (nSPS) is 16.7. The fraction of sp³-hybridized carbons (Fsp3) is 1.00. The summed E-state index contributed by atoms with van der Waals surface area (Å²) < 4.78 is 74.3. The van der Waals surface area contributed by atoms with Crippen molar-refractivity contribution in [2.24, 2.45) is 5.92 Å². The molecule has 0 aromatic heterocycles. The van der Waals surface area contributed by atoms with Crippen LogP contribution in [-0.2, 0) is 0 Å². The number of aliphatic hydroxyl groups is 1. The van der Waals surface area contributed by atoms with E-state index < -0.39 is 29.9 Å². The molecule has 0 aromatic rings. The second-order valence-electron chi connectivity index (χ2n) is 3.77. The van der Waals surface area contributed by atoms with E-state index >= 15 is 0 Å². The van der Waals surface area contributed by atoms with E-state index in [1.807, 2.05) is 5.32 Å². The summed E-state index contributed by atoms with van der Waals surface area (Å²) in [4.78, 5) is 0. The van der Waals surface area contributed by atoms with Gasteiger partial charge < -0.3 is 10.4 Å². The third-order valence-electron chi connectivity index (χ3n) is 2.29. The Balaban J connectivity index is 5.58. The van der Waals surface area contributed by atoms with Gasteiger partial charge in [0.15, 0.2) is 0 Å². The predicted octanol–water partition coefficient (Wildman–Crippen LogP) is 2.09.